The molecule has 8 nitrogen and oxygen atoms in total. The molecule has 152 valence electrons. The average Bonchev–Trinajstić information content (AvgIpc) is 3.11. The highest BCUT2D eigenvalue weighted by molar-refractivity contribution is 7.99. The van der Waals surface area contributed by atoms with Crippen molar-refractivity contribution in [2.75, 3.05) is 5.75 Å². The summed E-state index contributed by atoms with van der Waals surface area (Å²) in [5, 5.41) is 12.1. The Balaban J connectivity index is 1.95. The smallest absolute Gasteiger partial charge is 0.263 e. The van der Waals surface area contributed by atoms with Gasteiger partial charge >= 0.3 is 0 Å². The Hall–Kier alpha value is -2.94. The lowest BCUT2D eigenvalue weighted by Gasteiger charge is -2.19. The second-order valence-electron chi connectivity index (χ2n) is 7.03. The number of hydrogen-bond donors (Lipinski definition) is 1. The van der Waals surface area contributed by atoms with Gasteiger partial charge in [0.2, 0.25) is 11.7 Å². The Morgan fingerprint density at radius 2 is 2.00 bits per heavy atom. The van der Waals surface area contributed by atoms with E-state index in [9.17, 15) is 14.4 Å². The van der Waals surface area contributed by atoms with Crippen LogP contribution in [0.1, 0.15) is 20.8 Å². The first-order chi connectivity index (χ1) is 13.8. The number of Topliss-reactive ketones (excluding diaryl/α,β-unsaturated/α-hetero) is 1. The van der Waals surface area contributed by atoms with Gasteiger partial charge in [-0.25, -0.2) is 0 Å². The van der Waals surface area contributed by atoms with E-state index < -0.39 is 6.04 Å². The van der Waals surface area contributed by atoms with E-state index >= 15 is 0 Å². The van der Waals surface area contributed by atoms with Crippen LogP contribution in [0.4, 0.5) is 0 Å². The Kier molecular flexibility index (Phi) is 6.17. The fraction of sp³-hybridized carbons (Fsp3) is 0.350. The monoisotopic (exact) mass is 413 g/mol. The van der Waals surface area contributed by atoms with Crippen molar-refractivity contribution in [3.63, 3.8) is 0 Å². The summed E-state index contributed by atoms with van der Waals surface area (Å²) in [7, 11) is 0. The zero-order valence-corrected chi connectivity index (χ0v) is 17.4. The molecule has 0 bridgehead atoms. The number of hydrogen-bond acceptors (Lipinski definition) is 6. The molecule has 29 heavy (non-hydrogen) atoms. The number of benzene rings is 1. The molecule has 0 saturated heterocycles. The second kappa shape index (κ2) is 8.60. The summed E-state index contributed by atoms with van der Waals surface area (Å²) in [6, 6.07) is 6.68. The molecule has 1 unspecified atom stereocenters. The number of nitrogens with zero attached hydrogens (tertiary/aromatic N) is 4. The van der Waals surface area contributed by atoms with Gasteiger partial charge in [0, 0.05) is 6.54 Å². The molecule has 2 aromatic heterocycles. The van der Waals surface area contributed by atoms with Crippen molar-refractivity contribution in [1.29, 1.82) is 0 Å². The number of rotatable bonds is 8. The van der Waals surface area contributed by atoms with Crippen molar-refractivity contribution in [2.45, 2.75) is 38.5 Å². The minimum absolute atomic E-state index is 0.00709. The van der Waals surface area contributed by atoms with Crippen molar-refractivity contribution in [3.05, 3.63) is 47.3 Å². The van der Waals surface area contributed by atoms with Crippen molar-refractivity contribution in [2.24, 2.45) is 5.92 Å². The first-order valence-corrected chi connectivity index (χ1v) is 10.2. The molecule has 0 fully saturated rings. The Labute approximate surface area is 172 Å². The predicted molar refractivity (Wildman–Crippen MR) is 113 cm³/mol. The lowest BCUT2D eigenvalue weighted by molar-refractivity contribution is -0.126. The molecule has 1 N–H and O–H groups in total. The minimum Gasteiger partial charge on any atom is -0.345 e. The van der Waals surface area contributed by atoms with E-state index in [1.54, 1.807) is 22.6 Å². The number of ketones is 1. The molecular formula is C20H23N5O3S. The van der Waals surface area contributed by atoms with E-state index in [4.69, 9.17) is 0 Å². The van der Waals surface area contributed by atoms with Gasteiger partial charge in [-0.2, -0.15) is 0 Å². The summed E-state index contributed by atoms with van der Waals surface area (Å²) in [4.78, 5) is 36.9. The van der Waals surface area contributed by atoms with Crippen molar-refractivity contribution < 1.29 is 9.59 Å². The quantitative estimate of drug-likeness (QED) is 0.448. The van der Waals surface area contributed by atoms with Gasteiger partial charge in [-0.1, -0.05) is 43.8 Å². The van der Waals surface area contributed by atoms with Crippen LogP contribution in [0.25, 0.3) is 16.7 Å². The van der Waals surface area contributed by atoms with Gasteiger partial charge in [-0.3, -0.25) is 23.4 Å². The largest absolute Gasteiger partial charge is 0.345 e. The number of para-hydroxylation sites is 1. The van der Waals surface area contributed by atoms with Crippen LogP contribution in [0.3, 0.4) is 0 Å². The molecule has 1 amide bonds. The molecule has 0 radical (unpaired) electrons. The van der Waals surface area contributed by atoms with Crippen LogP contribution in [-0.4, -0.2) is 42.7 Å². The van der Waals surface area contributed by atoms with Gasteiger partial charge in [0.15, 0.2) is 10.9 Å². The molecule has 3 aromatic rings. The summed E-state index contributed by atoms with van der Waals surface area (Å²) in [6.07, 6.45) is 1.62. The van der Waals surface area contributed by atoms with Crippen LogP contribution in [-0.2, 0) is 16.1 Å². The number of amides is 1. The zero-order chi connectivity index (χ0) is 21.1. The second-order valence-corrected chi connectivity index (χ2v) is 7.97. The van der Waals surface area contributed by atoms with Gasteiger partial charge in [0.05, 0.1) is 22.7 Å². The van der Waals surface area contributed by atoms with Crippen molar-refractivity contribution in [1.82, 2.24) is 24.5 Å². The number of fused-ring (bicyclic) bond motifs is 3. The predicted octanol–water partition coefficient (Wildman–Crippen LogP) is 2.05. The maximum Gasteiger partial charge on any atom is 0.263 e. The molecule has 0 aliphatic carbocycles. The summed E-state index contributed by atoms with van der Waals surface area (Å²) in [5.41, 5.74) is 0.500. The van der Waals surface area contributed by atoms with Crippen LogP contribution in [0.5, 0.6) is 0 Å². The molecule has 0 aliphatic rings. The Morgan fingerprint density at radius 3 is 2.66 bits per heavy atom. The number of allylic oxidation sites excluding steroid dienone is 1. The van der Waals surface area contributed by atoms with E-state index in [1.165, 1.54) is 23.3 Å². The summed E-state index contributed by atoms with van der Waals surface area (Å²) >= 11 is 1.20. The van der Waals surface area contributed by atoms with Gasteiger partial charge in [-0.05, 0) is 25.0 Å². The molecule has 3 rings (SSSR count). The third kappa shape index (κ3) is 4.09. The number of nitrogens with one attached hydrogen (secondary N) is 1. The van der Waals surface area contributed by atoms with E-state index in [0.717, 1.165) is 0 Å². The average molecular weight is 414 g/mol. The van der Waals surface area contributed by atoms with E-state index in [2.05, 4.69) is 22.1 Å². The maximum absolute atomic E-state index is 12.8. The Bertz CT molecular complexity index is 1150. The molecule has 0 spiro atoms. The van der Waals surface area contributed by atoms with Crippen LogP contribution >= 0.6 is 11.8 Å². The van der Waals surface area contributed by atoms with E-state index in [0.29, 0.717) is 28.4 Å². The number of carbonyl (C=O) groups excluding carboxylic acids is 2. The topological polar surface area (TPSA) is 98.4 Å². The fourth-order valence-electron chi connectivity index (χ4n) is 3.20. The number of aromatic nitrogens is 4. The molecule has 2 heterocycles. The van der Waals surface area contributed by atoms with E-state index in [1.807, 2.05) is 26.0 Å². The van der Waals surface area contributed by atoms with Crippen LogP contribution in [0.15, 0.2) is 46.9 Å². The van der Waals surface area contributed by atoms with Gasteiger partial charge in [0.25, 0.3) is 5.56 Å². The molecule has 0 saturated carbocycles. The first kappa shape index (κ1) is 20.8. The molecular weight excluding hydrogens is 390 g/mol. The van der Waals surface area contributed by atoms with E-state index in [-0.39, 0.29) is 28.9 Å². The number of carbonyl (C=O) groups is 2. The third-order valence-electron chi connectivity index (χ3n) is 4.54. The molecule has 9 heteroatoms. The first-order valence-electron chi connectivity index (χ1n) is 9.25. The lowest BCUT2D eigenvalue weighted by atomic mass is 10.0. The van der Waals surface area contributed by atoms with Crippen LogP contribution < -0.4 is 10.9 Å². The molecule has 1 aromatic carbocycles. The highest BCUT2D eigenvalue weighted by atomic mass is 32.2. The summed E-state index contributed by atoms with van der Waals surface area (Å²) < 4.78 is 3.26. The normalized spacial score (nSPS) is 12.4. The zero-order valence-electron chi connectivity index (χ0n) is 16.6. The fourth-order valence-corrected chi connectivity index (χ4v) is 3.95. The maximum atomic E-state index is 12.8. The van der Waals surface area contributed by atoms with Crippen LogP contribution in [0.2, 0.25) is 0 Å². The Morgan fingerprint density at radius 1 is 1.28 bits per heavy atom. The summed E-state index contributed by atoms with van der Waals surface area (Å²) in [6.45, 7) is 9.24. The molecule has 0 aliphatic heterocycles. The molecule has 1 atom stereocenters. The van der Waals surface area contributed by atoms with Gasteiger partial charge in [-0.15, -0.1) is 16.8 Å². The SMILES string of the molecule is C=CCn1c(=O)c2ccccc2n2c(SCC(=O)NC(C(C)=O)C(C)C)nnc12. The van der Waals surface area contributed by atoms with Gasteiger partial charge in [0.1, 0.15) is 0 Å². The lowest BCUT2D eigenvalue weighted by Crippen LogP contribution is -2.44. The van der Waals surface area contributed by atoms with Crippen molar-refractivity contribution >= 4 is 40.1 Å². The summed E-state index contributed by atoms with van der Waals surface area (Å²) in [5.74, 6) is 0.134. The highest BCUT2D eigenvalue weighted by Gasteiger charge is 2.22. The number of thioether (sulfide) groups is 1. The van der Waals surface area contributed by atoms with Crippen molar-refractivity contribution in [3.8, 4) is 0 Å². The highest BCUT2D eigenvalue weighted by Crippen LogP contribution is 2.21. The standard InChI is InChI=1S/C20H23N5O3S/c1-5-10-24-18(28)14-8-6-7-9-15(14)25-19(24)22-23-20(25)29-11-16(27)21-17(12(2)3)13(4)26/h5-9,12,17H,1,10-11H2,2-4H3,(H,21,27). The van der Waals surface area contributed by atoms with Gasteiger partial charge < -0.3 is 5.32 Å². The minimum atomic E-state index is -0.517. The third-order valence-corrected chi connectivity index (χ3v) is 5.47. The van der Waals surface area contributed by atoms with Crippen LogP contribution in [0, 0.1) is 5.92 Å².